The van der Waals surface area contributed by atoms with Gasteiger partial charge in [0.2, 0.25) is 0 Å². The fourth-order valence-corrected chi connectivity index (χ4v) is 2.61. The molecule has 0 aromatic heterocycles. The van der Waals surface area contributed by atoms with Gasteiger partial charge in [-0.3, -0.25) is 4.90 Å². The zero-order chi connectivity index (χ0) is 10.2. The summed E-state index contributed by atoms with van der Waals surface area (Å²) in [5.41, 5.74) is 0. The van der Waals surface area contributed by atoms with Crippen molar-refractivity contribution in [1.29, 1.82) is 0 Å². The normalized spacial score (nSPS) is 35.3. The van der Waals surface area contributed by atoms with Crippen LogP contribution in [0.15, 0.2) is 0 Å². The average Bonchev–Trinajstić information content (AvgIpc) is 1.78. The van der Waals surface area contributed by atoms with Gasteiger partial charge < -0.3 is 0 Å². The maximum absolute atomic E-state index is 13.1. The van der Waals surface area contributed by atoms with Crippen LogP contribution in [0.1, 0.15) is 40.5 Å². The second-order valence-corrected chi connectivity index (χ2v) is 4.50. The van der Waals surface area contributed by atoms with Gasteiger partial charge in [0.25, 0.3) is 5.92 Å². The van der Waals surface area contributed by atoms with E-state index in [-0.39, 0.29) is 24.9 Å². The fraction of sp³-hybridized carbons (Fsp3) is 1.00. The standard InChI is InChI=1S/C10H19F2N/c1-7(2)13-8(3)5-10(11,12)6-9(13)4/h7-9H,5-6H2,1-4H3. The van der Waals surface area contributed by atoms with Crippen LogP contribution in [-0.2, 0) is 0 Å². The van der Waals surface area contributed by atoms with Crippen molar-refractivity contribution in [2.24, 2.45) is 0 Å². The quantitative estimate of drug-likeness (QED) is 0.616. The zero-order valence-electron chi connectivity index (χ0n) is 8.85. The Balaban J connectivity index is 2.70. The highest BCUT2D eigenvalue weighted by atomic mass is 19.3. The van der Waals surface area contributed by atoms with Gasteiger partial charge in [0.05, 0.1) is 0 Å². The highest BCUT2D eigenvalue weighted by molar-refractivity contribution is 4.90. The van der Waals surface area contributed by atoms with E-state index in [4.69, 9.17) is 0 Å². The monoisotopic (exact) mass is 191 g/mol. The van der Waals surface area contributed by atoms with Gasteiger partial charge in [0, 0.05) is 31.0 Å². The third-order valence-electron chi connectivity index (χ3n) is 2.80. The van der Waals surface area contributed by atoms with Gasteiger partial charge in [-0.25, -0.2) is 8.78 Å². The maximum atomic E-state index is 13.1. The van der Waals surface area contributed by atoms with Crippen molar-refractivity contribution in [3.63, 3.8) is 0 Å². The number of piperidine rings is 1. The largest absolute Gasteiger partial charge is 0.295 e. The number of nitrogens with zero attached hydrogens (tertiary/aromatic N) is 1. The molecule has 0 aromatic carbocycles. The Hall–Kier alpha value is -0.180. The molecule has 0 bridgehead atoms. The Kier molecular flexibility index (Phi) is 2.95. The highest BCUT2D eigenvalue weighted by Crippen LogP contribution is 2.36. The topological polar surface area (TPSA) is 3.24 Å². The smallest absolute Gasteiger partial charge is 0.251 e. The lowest BCUT2D eigenvalue weighted by Crippen LogP contribution is -2.53. The molecule has 1 rings (SSSR count). The van der Waals surface area contributed by atoms with Crippen molar-refractivity contribution in [2.75, 3.05) is 0 Å². The summed E-state index contributed by atoms with van der Waals surface area (Å²) in [5.74, 6) is -2.45. The Labute approximate surface area is 79.1 Å². The van der Waals surface area contributed by atoms with Crippen LogP contribution in [-0.4, -0.2) is 28.9 Å². The molecule has 0 N–H and O–H groups in total. The number of rotatable bonds is 1. The first kappa shape index (κ1) is 10.9. The number of alkyl halides is 2. The van der Waals surface area contributed by atoms with Gasteiger partial charge >= 0.3 is 0 Å². The minimum Gasteiger partial charge on any atom is -0.295 e. The first-order valence-electron chi connectivity index (χ1n) is 4.99. The molecule has 0 aliphatic carbocycles. The van der Waals surface area contributed by atoms with Crippen molar-refractivity contribution in [3.8, 4) is 0 Å². The Morgan fingerprint density at radius 2 is 1.54 bits per heavy atom. The summed E-state index contributed by atoms with van der Waals surface area (Å²) in [5, 5.41) is 0. The molecule has 78 valence electrons. The van der Waals surface area contributed by atoms with Crippen molar-refractivity contribution in [3.05, 3.63) is 0 Å². The molecule has 1 saturated heterocycles. The van der Waals surface area contributed by atoms with Crippen LogP contribution >= 0.6 is 0 Å². The van der Waals surface area contributed by atoms with Gasteiger partial charge in [0.15, 0.2) is 0 Å². The minimum absolute atomic E-state index is 0.00116. The summed E-state index contributed by atoms with van der Waals surface area (Å²) in [6.07, 6.45) is 0.0189. The van der Waals surface area contributed by atoms with Crippen LogP contribution in [0.4, 0.5) is 8.78 Å². The van der Waals surface area contributed by atoms with Crippen molar-refractivity contribution < 1.29 is 8.78 Å². The second-order valence-electron chi connectivity index (χ2n) is 4.50. The lowest BCUT2D eigenvalue weighted by atomic mass is 9.92. The van der Waals surface area contributed by atoms with Crippen LogP contribution in [0.3, 0.4) is 0 Å². The molecule has 1 aliphatic heterocycles. The molecule has 0 amide bonds. The van der Waals surface area contributed by atoms with Gasteiger partial charge in [-0.2, -0.15) is 0 Å². The second kappa shape index (κ2) is 3.52. The fourth-order valence-electron chi connectivity index (χ4n) is 2.61. The van der Waals surface area contributed by atoms with Crippen molar-refractivity contribution in [1.82, 2.24) is 4.90 Å². The van der Waals surface area contributed by atoms with E-state index in [0.717, 1.165) is 0 Å². The molecular formula is C10H19F2N. The van der Waals surface area contributed by atoms with E-state index >= 15 is 0 Å². The Morgan fingerprint density at radius 1 is 1.15 bits per heavy atom. The van der Waals surface area contributed by atoms with Crippen LogP contribution in [0.5, 0.6) is 0 Å². The molecule has 0 spiro atoms. The van der Waals surface area contributed by atoms with Gasteiger partial charge in [-0.05, 0) is 27.7 Å². The molecule has 1 aliphatic rings. The molecule has 1 nitrogen and oxygen atoms in total. The predicted molar refractivity (Wildman–Crippen MR) is 50.1 cm³/mol. The van der Waals surface area contributed by atoms with E-state index in [1.807, 2.05) is 13.8 Å². The first-order chi connectivity index (χ1) is 5.83. The third-order valence-corrected chi connectivity index (χ3v) is 2.80. The van der Waals surface area contributed by atoms with Crippen LogP contribution in [0.25, 0.3) is 0 Å². The number of halogens is 2. The zero-order valence-corrected chi connectivity index (χ0v) is 8.85. The van der Waals surface area contributed by atoms with Gasteiger partial charge in [0.1, 0.15) is 0 Å². The van der Waals surface area contributed by atoms with E-state index in [9.17, 15) is 8.78 Å². The van der Waals surface area contributed by atoms with E-state index in [2.05, 4.69) is 18.7 Å². The summed E-state index contributed by atoms with van der Waals surface area (Å²) < 4.78 is 26.2. The minimum atomic E-state index is -2.45. The lowest BCUT2D eigenvalue weighted by Gasteiger charge is -2.44. The van der Waals surface area contributed by atoms with E-state index in [1.54, 1.807) is 0 Å². The SMILES string of the molecule is CC(C)N1C(C)CC(F)(F)CC1C. The molecule has 0 radical (unpaired) electrons. The molecule has 0 aromatic rings. The molecule has 3 heteroatoms. The van der Waals surface area contributed by atoms with Crippen LogP contribution in [0, 0.1) is 0 Å². The molecular weight excluding hydrogens is 172 g/mol. The number of likely N-dealkylation sites (tertiary alicyclic amines) is 1. The Bertz CT molecular complexity index is 166. The number of hydrogen-bond acceptors (Lipinski definition) is 1. The highest BCUT2D eigenvalue weighted by Gasteiger charge is 2.42. The molecule has 0 saturated carbocycles. The van der Waals surface area contributed by atoms with Crippen molar-refractivity contribution in [2.45, 2.75) is 64.6 Å². The summed E-state index contributed by atoms with van der Waals surface area (Å²) in [6.45, 7) is 7.92. The van der Waals surface area contributed by atoms with Crippen molar-refractivity contribution >= 4 is 0 Å². The van der Waals surface area contributed by atoms with Crippen LogP contribution in [0.2, 0.25) is 0 Å². The van der Waals surface area contributed by atoms with Gasteiger partial charge in [-0.1, -0.05) is 0 Å². The third kappa shape index (κ3) is 2.39. The maximum Gasteiger partial charge on any atom is 0.251 e. The summed E-state index contributed by atoms with van der Waals surface area (Å²) in [4.78, 5) is 2.18. The van der Waals surface area contributed by atoms with E-state index < -0.39 is 5.92 Å². The van der Waals surface area contributed by atoms with Gasteiger partial charge in [-0.15, -0.1) is 0 Å². The Morgan fingerprint density at radius 3 is 1.85 bits per heavy atom. The molecule has 1 fully saturated rings. The molecule has 2 atom stereocenters. The first-order valence-corrected chi connectivity index (χ1v) is 4.99. The number of hydrogen-bond donors (Lipinski definition) is 0. The van der Waals surface area contributed by atoms with Crippen LogP contribution < -0.4 is 0 Å². The lowest BCUT2D eigenvalue weighted by molar-refractivity contribution is -0.103. The average molecular weight is 191 g/mol. The van der Waals surface area contributed by atoms with E-state index in [1.165, 1.54) is 0 Å². The molecule has 13 heavy (non-hydrogen) atoms. The summed E-state index contributed by atoms with van der Waals surface area (Å²) >= 11 is 0. The summed E-state index contributed by atoms with van der Waals surface area (Å²) in [7, 11) is 0. The summed E-state index contributed by atoms with van der Waals surface area (Å²) in [6, 6.07) is 0.360. The predicted octanol–water partition coefficient (Wildman–Crippen LogP) is 2.90. The molecule has 1 heterocycles. The van der Waals surface area contributed by atoms with E-state index in [0.29, 0.717) is 6.04 Å². The molecule has 2 unspecified atom stereocenters.